The van der Waals surface area contributed by atoms with Crippen LogP contribution in [0.4, 0.5) is 4.79 Å². The van der Waals surface area contributed by atoms with Gasteiger partial charge in [0.15, 0.2) is 0 Å². The van der Waals surface area contributed by atoms with Crippen LogP contribution in [0.15, 0.2) is 18.2 Å². The van der Waals surface area contributed by atoms with Gasteiger partial charge >= 0.3 is 6.09 Å². The fraction of sp³-hybridized carbons (Fsp3) is 0.743. The summed E-state index contributed by atoms with van der Waals surface area (Å²) in [7, 11) is 0. The van der Waals surface area contributed by atoms with Crippen molar-refractivity contribution >= 4 is 30.5 Å². The maximum absolute atomic E-state index is 11.8. The quantitative estimate of drug-likeness (QED) is 0.0255. The summed E-state index contributed by atoms with van der Waals surface area (Å²) in [4.78, 5) is 34.5. The summed E-state index contributed by atoms with van der Waals surface area (Å²) in [6, 6.07) is 4.15. The van der Waals surface area contributed by atoms with E-state index in [1.54, 1.807) is 0 Å². The lowest BCUT2D eigenvalue weighted by Gasteiger charge is -2.09. The molecule has 0 aliphatic heterocycles. The highest BCUT2D eigenvalue weighted by Gasteiger charge is 2.11. The molecule has 5 N–H and O–H groups in total. The molecule has 0 aliphatic rings. The van der Waals surface area contributed by atoms with E-state index in [1.165, 1.54) is 68.6 Å². The molecule has 0 radical (unpaired) electrons. The van der Waals surface area contributed by atoms with Crippen LogP contribution >= 0.6 is 12.6 Å². The summed E-state index contributed by atoms with van der Waals surface area (Å²) in [6.07, 6.45) is 10.6. The number of amides is 3. The molecule has 1 aromatic rings. The topological polar surface area (TPSA) is 192 Å². The molecule has 0 saturated heterocycles. The van der Waals surface area contributed by atoms with Crippen molar-refractivity contribution in [3.63, 3.8) is 0 Å². The lowest BCUT2D eigenvalue weighted by molar-refractivity contribution is -0.120. The van der Waals surface area contributed by atoms with E-state index in [2.05, 4.69) is 23.3 Å². The fourth-order valence-electron chi connectivity index (χ4n) is 4.54. The van der Waals surface area contributed by atoms with E-state index in [9.17, 15) is 19.5 Å². The van der Waals surface area contributed by atoms with E-state index in [4.69, 9.17) is 38.4 Å². The lowest BCUT2D eigenvalue weighted by Crippen LogP contribution is -2.25. The molecule has 1 rings (SSSR count). The number of alkyl carbamates (subject to hydrolysis) is 1. The van der Waals surface area contributed by atoms with Crippen molar-refractivity contribution in [2.24, 2.45) is 0 Å². The lowest BCUT2D eigenvalue weighted by atomic mass is 10.1. The molecule has 1 aromatic carbocycles. The second-order valence-corrected chi connectivity index (χ2v) is 11.9. The highest BCUT2D eigenvalue weighted by atomic mass is 32.1. The smallest absolute Gasteiger partial charge is 0.407 e. The molecule has 3 amide bonds. The molecule has 16 heteroatoms. The van der Waals surface area contributed by atoms with Gasteiger partial charge in [-0.3, -0.25) is 14.8 Å². The Morgan fingerprint density at radius 3 is 1.57 bits per heavy atom. The van der Waals surface area contributed by atoms with Crippen LogP contribution in [0.3, 0.4) is 0 Å². The zero-order valence-electron chi connectivity index (χ0n) is 30.0. The van der Waals surface area contributed by atoms with Gasteiger partial charge in [0, 0.05) is 26.1 Å². The van der Waals surface area contributed by atoms with Gasteiger partial charge in [0.2, 0.25) is 5.91 Å². The van der Waals surface area contributed by atoms with Crippen LogP contribution in [0.5, 0.6) is 5.75 Å². The maximum atomic E-state index is 11.8. The van der Waals surface area contributed by atoms with Gasteiger partial charge in [-0.05, 0) is 36.3 Å². The highest BCUT2D eigenvalue weighted by Crippen LogP contribution is 2.18. The minimum Gasteiger partial charge on any atom is -0.507 e. The largest absolute Gasteiger partial charge is 0.507 e. The first-order valence-corrected chi connectivity index (χ1v) is 18.6. The monoisotopic (exact) mass is 747 g/mol. The Hall–Kier alpha value is -2.70. The zero-order valence-corrected chi connectivity index (χ0v) is 30.9. The maximum Gasteiger partial charge on any atom is 0.407 e. The van der Waals surface area contributed by atoms with E-state index >= 15 is 0 Å². The number of phenols is 1. The molecular weight excluding hydrogens is 686 g/mol. The molecule has 0 aromatic heterocycles. The van der Waals surface area contributed by atoms with Crippen molar-refractivity contribution in [3.8, 4) is 5.75 Å². The predicted octanol–water partition coefficient (Wildman–Crippen LogP) is 3.78. The standard InChI is InChI=1S/C35H61N3O12S/c39-32-28-30(10-11-31(32)34(41)38-43)29-37-35(42)50-26-25-49-24-23-48-22-21-47-20-19-46-18-17-45-16-15-44-14-9-7-5-3-1-2-4-6-8-13-36-33(40)12-27-51/h10-11,28,39,43,51H,1-9,12-27,29H2,(H,36,40)(H,37,42)(H,38,41). The summed E-state index contributed by atoms with van der Waals surface area (Å²) in [5.41, 5.74) is 1.89. The van der Waals surface area contributed by atoms with Crippen molar-refractivity contribution in [2.75, 3.05) is 98.2 Å². The van der Waals surface area contributed by atoms with Gasteiger partial charge in [-0.15, -0.1) is 0 Å². The Morgan fingerprint density at radius 1 is 0.608 bits per heavy atom. The van der Waals surface area contributed by atoms with Gasteiger partial charge in [-0.25, -0.2) is 10.3 Å². The van der Waals surface area contributed by atoms with Crippen molar-refractivity contribution in [1.29, 1.82) is 0 Å². The summed E-state index contributed by atoms with van der Waals surface area (Å²) in [5.74, 6) is -0.460. The molecule has 0 spiro atoms. The van der Waals surface area contributed by atoms with Gasteiger partial charge in [-0.1, -0.05) is 51.0 Å². The fourth-order valence-corrected chi connectivity index (χ4v) is 4.75. The van der Waals surface area contributed by atoms with Gasteiger partial charge in [0.25, 0.3) is 5.91 Å². The average molecular weight is 748 g/mol. The first kappa shape index (κ1) is 46.3. The van der Waals surface area contributed by atoms with Crippen molar-refractivity contribution in [2.45, 2.75) is 70.8 Å². The van der Waals surface area contributed by atoms with Crippen LogP contribution in [0, 0.1) is 0 Å². The second kappa shape index (κ2) is 34.4. The van der Waals surface area contributed by atoms with Crippen LogP contribution < -0.4 is 16.1 Å². The Labute approximate surface area is 308 Å². The van der Waals surface area contributed by atoms with Crippen LogP contribution in [-0.2, 0) is 44.5 Å². The average Bonchev–Trinajstić information content (AvgIpc) is 3.12. The molecular formula is C35H61N3O12S. The highest BCUT2D eigenvalue weighted by molar-refractivity contribution is 7.80. The predicted molar refractivity (Wildman–Crippen MR) is 193 cm³/mol. The van der Waals surface area contributed by atoms with Gasteiger partial charge in [-0.2, -0.15) is 12.6 Å². The Balaban J connectivity index is 1.72. The first-order valence-electron chi connectivity index (χ1n) is 18.0. The Kier molecular flexibility index (Phi) is 31.2. The third-order valence-electron chi connectivity index (χ3n) is 7.29. The summed E-state index contributed by atoms with van der Waals surface area (Å²) < 4.78 is 37.9. The molecule has 0 heterocycles. The number of thiol groups is 1. The number of aromatic hydroxyl groups is 1. The molecule has 15 nitrogen and oxygen atoms in total. The third-order valence-corrected chi connectivity index (χ3v) is 7.52. The van der Waals surface area contributed by atoms with E-state index in [0.29, 0.717) is 83.8 Å². The van der Waals surface area contributed by atoms with Gasteiger partial charge in [0.1, 0.15) is 12.4 Å². The Bertz CT molecular complexity index is 1020. The summed E-state index contributed by atoms with van der Waals surface area (Å²) in [5, 5.41) is 23.9. The van der Waals surface area contributed by atoms with Crippen LogP contribution in [0.2, 0.25) is 0 Å². The molecule has 51 heavy (non-hydrogen) atoms. The van der Waals surface area contributed by atoms with Gasteiger partial charge < -0.3 is 48.9 Å². The number of unbranched alkanes of at least 4 members (excludes halogenated alkanes) is 8. The minimum absolute atomic E-state index is 0.0560. The Morgan fingerprint density at radius 2 is 1.08 bits per heavy atom. The molecule has 0 fully saturated rings. The number of carbonyl (C=O) groups excluding carboxylic acids is 3. The molecule has 0 atom stereocenters. The number of hydrogen-bond acceptors (Lipinski definition) is 13. The van der Waals surface area contributed by atoms with E-state index in [1.807, 2.05) is 0 Å². The van der Waals surface area contributed by atoms with E-state index < -0.39 is 12.0 Å². The first-order chi connectivity index (χ1) is 25.0. The number of phenolic OH excluding ortho intramolecular Hbond substituents is 1. The van der Waals surface area contributed by atoms with Crippen LogP contribution in [0.25, 0.3) is 0 Å². The normalized spacial score (nSPS) is 11.0. The van der Waals surface area contributed by atoms with Crippen molar-refractivity contribution in [3.05, 3.63) is 29.3 Å². The number of nitrogens with one attached hydrogen (secondary N) is 3. The summed E-state index contributed by atoms with van der Waals surface area (Å²) in [6.45, 7) is 6.59. The molecule has 0 aliphatic carbocycles. The van der Waals surface area contributed by atoms with Crippen LogP contribution in [0.1, 0.15) is 80.1 Å². The number of ether oxygens (including phenoxy) is 7. The van der Waals surface area contributed by atoms with E-state index in [-0.39, 0.29) is 37.0 Å². The molecule has 0 bridgehead atoms. The number of hydrogen-bond donors (Lipinski definition) is 6. The molecule has 294 valence electrons. The SMILES string of the molecule is O=C(CCS)NCCCCCCCCCCCOCCOCCOCCOCCOCCOCCOC(=O)NCc1ccc(C(=O)NO)c(O)c1. The molecule has 0 saturated carbocycles. The number of carbonyl (C=O) groups is 3. The summed E-state index contributed by atoms with van der Waals surface area (Å²) >= 11 is 4.06. The van der Waals surface area contributed by atoms with Crippen molar-refractivity contribution in [1.82, 2.24) is 16.1 Å². The van der Waals surface area contributed by atoms with Gasteiger partial charge in [0.05, 0.1) is 78.2 Å². The number of hydroxylamine groups is 1. The van der Waals surface area contributed by atoms with Crippen LogP contribution in [-0.4, -0.2) is 126 Å². The number of rotatable bonds is 35. The number of benzene rings is 1. The third kappa shape index (κ3) is 28.6. The van der Waals surface area contributed by atoms with E-state index in [0.717, 1.165) is 26.0 Å². The van der Waals surface area contributed by atoms with Crippen molar-refractivity contribution < 1.29 is 57.9 Å². The minimum atomic E-state index is -0.838. The second-order valence-electron chi connectivity index (χ2n) is 11.5. The molecule has 0 unspecified atom stereocenters. The zero-order chi connectivity index (χ0) is 37.0.